The highest BCUT2D eigenvalue weighted by atomic mass is 16.5. The second-order valence-electron chi connectivity index (χ2n) is 6.03. The van der Waals surface area contributed by atoms with Gasteiger partial charge in [-0.1, -0.05) is 12.1 Å². The van der Waals surface area contributed by atoms with E-state index in [0.29, 0.717) is 24.1 Å². The van der Waals surface area contributed by atoms with Gasteiger partial charge >= 0.3 is 0 Å². The van der Waals surface area contributed by atoms with Crippen LogP contribution in [0.5, 0.6) is 17.4 Å². The second-order valence-corrected chi connectivity index (χ2v) is 6.03. The number of hydrogen-bond acceptors (Lipinski definition) is 5. The SMILES string of the molecule is COc1ccc(-c2nn(C(=N)N)c(O)c2CCc2cccc(OC)c2)cc1. The molecule has 1 aromatic heterocycles. The summed E-state index contributed by atoms with van der Waals surface area (Å²) < 4.78 is 11.5. The molecule has 0 spiro atoms. The minimum Gasteiger partial charge on any atom is -0.497 e. The van der Waals surface area contributed by atoms with Crippen LogP contribution >= 0.6 is 0 Å². The zero-order valence-corrected chi connectivity index (χ0v) is 15.3. The summed E-state index contributed by atoms with van der Waals surface area (Å²) in [6.45, 7) is 0. The Hall–Kier alpha value is -3.48. The maximum Gasteiger partial charge on any atom is 0.220 e. The van der Waals surface area contributed by atoms with Crippen LogP contribution < -0.4 is 15.2 Å². The van der Waals surface area contributed by atoms with Crippen molar-refractivity contribution < 1.29 is 14.6 Å². The summed E-state index contributed by atoms with van der Waals surface area (Å²) in [5, 5.41) is 22.5. The van der Waals surface area contributed by atoms with Gasteiger partial charge < -0.3 is 20.3 Å². The van der Waals surface area contributed by atoms with E-state index in [-0.39, 0.29) is 11.8 Å². The monoisotopic (exact) mass is 366 g/mol. The van der Waals surface area contributed by atoms with Crippen molar-refractivity contribution in [1.82, 2.24) is 9.78 Å². The van der Waals surface area contributed by atoms with E-state index in [9.17, 15) is 5.11 Å². The molecule has 27 heavy (non-hydrogen) atoms. The van der Waals surface area contributed by atoms with E-state index in [4.69, 9.17) is 20.6 Å². The van der Waals surface area contributed by atoms with Gasteiger partial charge in [0.15, 0.2) is 0 Å². The molecule has 0 bridgehead atoms. The van der Waals surface area contributed by atoms with Crippen molar-refractivity contribution in [1.29, 1.82) is 5.41 Å². The first-order valence-electron chi connectivity index (χ1n) is 8.46. The van der Waals surface area contributed by atoms with Gasteiger partial charge in [-0.3, -0.25) is 5.41 Å². The van der Waals surface area contributed by atoms with Crippen LogP contribution in [-0.2, 0) is 12.8 Å². The number of nitrogen functional groups attached to an aromatic ring is 1. The second kappa shape index (κ2) is 7.82. The minimum absolute atomic E-state index is 0.115. The fourth-order valence-corrected chi connectivity index (χ4v) is 2.92. The number of aromatic hydroxyl groups is 1. The third-order valence-corrected chi connectivity index (χ3v) is 4.35. The molecule has 0 aliphatic carbocycles. The van der Waals surface area contributed by atoms with Gasteiger partial charge in [0.1, 0.15) is 17.2 Å². The number of ether oxygens (including phenoxy) is 2. The summed E-state index contributed by atoms with van der Waals surface area (Å²) >= 11 is 0. The lowest BCUT2D eigenvalue weighted by atomic mass is 10.0. The van der Waals surface area contributed by atoms with Crippen molar-refractivity contribution in [3.63, 3.8) is 0 Å². The minimum atomic E-state index is -0.338. The van der Waals surface area contributed by atoms with Gasteiger partial charge in [0.25, 0.3) is 0 Å². The summed E-state index contributed by atoms with van der Waals surface area (Å²) in [5.74, 6) is 1.06. The van der Waals surface area contributed by atoms with E-state index >= 15 is 0 Å². The molecular weight excluding hydrogens is 344 g/mol. The summed E-state index contributed by atoms with van der Waals surface area (Å²) in [6.07, 6.45) is 1.21. The van der Waals surface area contributed by atoms with Gasteiger partial charge in [-0.25, -0.2) is 0 Å². The molecule has 0 unspecified atom stereocenters. The molecule has 7 nitrogen and oxygen atoms in total. The molecule has 3 rings (SSSR count). The molecule has 0 radical (unpaired) electrons. The van der Waals surface area contributed by atoms with Gasteiger partial charge in [-0.15, -0.1) is 0 Å². The van der Waals surface area contributed by atoms with E-state index in [1.807, 2.05) is 48.5 Å². The Morgan fingerprint density at radius 3 is 2.41 bits per heavy atom. The van der Waals surface area contributed by atoms with Gasteiger partial charge in [-0.05, 0) is 54.8 Å². The normalized spacial score (nSPS) is 10.6. The van der Waals surface area contributed by atoms with Crippen LogP contribution in [0.2, 0.25) is 0 Å². The van der Waals surface area contributed by atoms with Gasteiger partial charge in [0.05, 0.1) is 14.2 Å². The van der Waals surface area contributed by atoms with Crippen molar-refractivity contribution in [2.45, 2.75) is 12.8 Å². The highest BCUT2D eigenvalue weighted by Crippen LogP contribution is 2.32. The lowest BCUT2D eigenvalue weighted by molar-refractivity contribution is 0.414. The molecule has 0 aliphatic rings. The third-order valence-electron chi connectivity index (χ3n) is 4.35. The molecule has 4 N–H and O–H groups in total. The molecule has 140 valence electrons. The van der Waals surface area contributed by atoms with E-state index in [2.05, 4.69) is 5.10 Å². The van der Waals surface area contributed by atoms with Crippen LogP contribution in [0.1, 0.15) is 11.1 Å². The average molecular weight is 366 g/mol. The molecular formula is C20H22N4O3. The predicted octanol–water partition coefficient (Wildman–Crippen LogP) is 2.80. The van der Waals surface area contributed by atoms with E-state index in [1.54, 1.807) is 14.2 Å². The molecule has 0 saturated carbocycles. The van der Waals surface area contributed by atoms with Crippen LogP contribution in [0.3, 0.4) is 0 Å². The Morgan fingerprint density at radius 1 is 1.07 bits per heavy atom. The topological polar surface area (TPSA) is 106 Å². The Kier molecular flexibility index (Phi) is 5.30. The largest absolute Gasteiger partial charge is 0.497 e. The first-order chi connectivity index (χ1) is 13.0. The standard InChI is InChI=1S/C20H22N4O3/c1-26-15-9-7-14(8-10-15)18-17(19(25)24(23-18)20(21)22)11-6-13-4-3-5-16(12-13)27-2/h3-5,7-10,12,25H,6,11H2,1-2H3,(H3,21,22). The molecule has 0 amide bonds. The number of aromatic nitrogens is 2. The first kappa shape index (κ1) is 18.3. The Balaban J connectivity index is 1.95. The molecule has 0 atom stereocenters. The van der Waals surface area contributed by atoms with E-state index in [1.165, 1.54) is 0 Å². The molecule has 0 saturated heterocycles. The maximum absolute atomic E-state index is 10.6. The zero-order chi connectivity index (χ0) is 19.4. The Bertz CT molecular complexity index is 948. The van der Waals surface area contributed by atoms with Gasteiger partial charge in [0, 0.05) is 11.1 Å². The summed E-state index contributed by atoms with van der Waals surface area (Å²) in [4.78, 5) is 0. The molecule has 2 aromatic carbocycles. The smallest absolute Gasteiger partial charge is 0.220 e. The highest BCUT2D eigenvalue weighted by Gasteiger charge is 2.20. The third kappa shape index (κ3) is 3.87. The fraction of sp³-hybridized carbons (Fsp3) is 0.200. The van der Waals surface area contributed by atoms with E-state index < -0.39 is 0 Å². The quantitative estimate of drug-likeness (QED) is 0.459. The Labute approximate surface area is 157 Å². The zero-order valence-electron chi connectivity index (χ0n) is 15.3. The number of nitrogens with zero attached hydrogens (tertiary/aromatic N) is 2. The molecule has 1 heterocycles. The lowest BCUT2D eigenvalue weighted by Crippen LogP contribution is -2.21. The summed E-state index contributed by atoms with van der Waals surface area (Å²) in [5.41, 5.74) is 8.67. The van der Waals surface area contributed by atoms with Crippen molar-refractivity contribution in [2.24, 2.45) is 5.73 Å². The van der Waals surface area contributed by atoms with Crippen LogP contribution in [0.25, 0.3) is 11.3 Å². The van der Waals surface area contributed by atoms with Crippen LogP contribution in [0.4, 0.5) is 0 Å². The highest BCUT2D eigenvalue weighted by molar-refractivity contribution is 5.80. The van der Waals surface area contributed by atoms with Gasteiger partial charge in [0.2, 0.25) is 11.8 Å². The lowest BCUT2D eigenvalue weighted by Gasteiger charge is -2.06. The molecule has 0 aliphatic heterocycles. The van der Waals surface area contributed by atoms with Crippen molar-refractivity contribution >= 4 is 5.96 Å². The fourth-order valence-electron chi connectivity index (χ4n) is 2.92. The number of nitrogens with two attached hydrogens (primary N) is 1. The number of hydrogen-bond donors (Lipinski definition) is 3. The van der Waals surface area contributed by atoms with Crippen molar-refractivity contribution in [3.8, 4) is 28.6 Å². The number of methoxy groups -OCH3 is 2. The van der Waals surface area contributed by atoms with Crippen LogP contribution in [0.15, 0.2) is 48.5 Å². The molecule has 3 aromatic rings. The summed E-state index contributed by atoms with van der Waals surface area (Å²) in [7, 11) is 3.23. The number of nitrogens with one attached hydrogen (secondary N) is 1. The Morgan fingerprint density at radius 2 is 1.78 bits per heavy atom. The maximum atomic E-state index is 10.6. The summed E-state index contributed by atoms with van der Waals surface area (Å²) in [6, 6.07) is 15.1. The predicted molar refractivity (Wildman–Crippen MR) is 104 cm³/mol. The van der Waals surface area contributed by atoms with E-state index in [0.717, 1.165) is 27.3 Å². The van der Waals surface area contributed by atoms with Gasteiger partial charge in [-0.2, -0.15) is 9.78 Å². The van der Waals surface area contributed by atoms with Crippen molar-refractivity contribution in [2.75, 3.05) is 14.2 Å². The van der Waals surface area contributed by atoms with Crippen LogP contribution in [0, 0.1) is 5.41 Å². The average Bonchev–Trinajstić information content (AvgIpc) is 3.03. The molecule has 0 fully saturated rings. The molecule has 7 heteroatoms. The van der Waals surface area contributed by atoms with Crippen LogP contribution in [-0.4, -0.2) is 35.1 Å². The first-order valence-corrected chi connectivity index (χ1v) is 8.46. The van der Waals surface area contributed by atoms with Crippen molar-refractivity contribution in [3.05, 3.63) is 59.7 Å². The number of benzene rings is 2. The number of rotatable bonds is 6. The number of aryl methyl sites for hydroxylation is 1.